The molecule has 2 heterocycles. The van der Waals surface area contributed by atoms with E-state index in [1.54, 1.807) is 4.90 Å². The third kappa shape index (κ3) is 5.94. The number of H-pyrrole nitrogens is 1. The van der Waals surface area contributed by atoms with E-state index in [1.165, 1.54) is 12.3 Å². The number of Topliss-reactive ketones (excluding diaryl/α,β-unsaturated/α-hetero) is 1. The van der Waals surface area contributed by atoms with Gasteiger partial charge in [0.25, 0.3) is 5.91 Å². The number of rotatable bonds is 9. The number of amides is 1. The van der Waals surface area contributed by atoms with Crippen molar-refractivity contribution in [2.24, 2.45) is 0 Å². The van der Waals surface area contributed by atoms with Gasteiger partial charge < -0.3 is 19.4 Å². The molecule has 1 N–H and O–H groups in total. The molecule has 0 saturated carbocycles. The summed E-state index contributed by atoms with van der Waals surface area (Å²) in [5.74, 6) is -0.140. The van der Waals surface area contributed by atoms with Gasteiger partial charge in [-0.2, -0.15) is 0 Å². The maximum atomic E-state index is 12.3. The number of esters is 1. The number of hydrogen-bond acceptors (Lipinski definition) is 5. The molecular weight excluding hydrogens is 372 g/mol. The minimum absolute atomic E-state index is 0.105. The van der Waals surface area contributed by atoms with Crippen molar-refractivity contribution < 1.29 is 23.9 Å². The van der Waals surface area contributed by atoms with Crippen molar-refractivity contribution in [1.29, 1.82) is 0 Å². The number of hydrogen-bond donors (Lipinski definition) is 1. The molecule has 29 heavy (non-hydrogen) atoms. The van der Waals surface area contributed by atoms with Crippen molar-refractivity contribution in [3.63, 3.8) is 0 Å². The minimum Gasteiger partial charge on any atom is -0.494 e. The third-order valence-electron chi connectivity index (χ3n) is 4.81. The number of aromatic amines is 1. The van der Waals surface area contributed by atoms with Crippen molar-refractivity contribution >= 4 is 17.7 Å². The number of carbonyl (C=O) groups is 3. The molecule has 1 amide bonds. The van der Waals surface area contributed by atoms with Gasteiger partial charge >= 0.3 is 5.97 Å². The Morgan fingerprint density at radius 2 is 1.83 bits per heavy atom. The standard InChI is InChI=1S/C22H26N2O5/c1-16-6-8-18(9-7-16)28-12-4-5-21(26)29-15-20(25)17-13-19(23-14-17)22(27)24-10-2-3-11-24/h6-9,13-14,23H,2-5,10-12,15H2,1H3. The van der Waals surface area contributed by atoms with Crippen LogP contribution in [-0.2, 0) is 9.53 Å². The zero-order chi connectivity index (χ0) is 20.6. The molecule has 0 unspecified atom stereocenters. The fourth-order valence-corrected chi connectivity index (χ4v) is 3.11. The van der Waals surface area contributed by atoms with Crippen LogP contribution in [0, 0.1) is 6.92 Å². The van der Waals surface area contributed by atoms with E-state index in [0.29, 0.717) is 24.3 Å². The number of carbonyl (C=O) groups excluding carboxylic acids is 3. The Balaban J connectivity index is 1.36. The molecule has 1 aliphatic rings. The SMILES string of the molecule is Cc1ccc(OCCCC(=O)OCC(=O)c2c[nH]c(C(=O)N3CCCC3)c2)cc1. The summed E-state index contributed by atoms with van der Waals surface area (Å²) in [5.41, 5.74) is 1.87. The highest BCUT2D eigenvalue weighted by Crippen LogP contribution is 2.14. The van der Waals surface area contributed by atoms with Crippen LogP contribution in [-0.4, -0.2) is 53.8 Å². The Labute approximate surface area is 170 Å². The van der Waals surface area contributed by atoms with Crippen molar-refractivity contribution in [1.82, 2.24) is 9.88 Å². The van der Waals surface area contributed by atoms with Crippen LogP contribution >= 0.6 is 0 Å². The molecule has 3 rings (SSSR count). The molecule has 154 valence electrons. The van der Waals surface area contributed by atoms with Crippen LogP contribution in [0.4, 0.5) is 0 Å². The number of ether oxygens (including phenoxy) is 2. The van der Waals surface area contributed by atoms with Gasteiger partial charge in [-0.1, -0.05) is 17.7 Å². The van der Waals surface area contributed by atoms with E-state index in [9.17, 15) is 14.4 Å². The summed E-state index contributed by atoms with van der Waals surface area (Å²) in [6, 6.07) is 9.20. The van der Waals surface area contributed by atoms with Crippen molar-refractivity contribution in [2.45, 2.75) is 32.6 Å². The van der Waals surface area contributed by atoms with E-state index in [4.69, 9.17) is 9.47 Å². The molecule has 1 aliphatic heterocycles. The summed E-state index contributed by atoms with van der Waals surface area (Å²) < 4.78 is 10.6. The Kier molecular flexibility index (Phi) is 7.05. The van der Waals surface area contributed by atoms with E-state index in [2.05, 4.69) is 4.98 Å². The monoisotopic (exact) mass is 398 g/mol. The zero-order valence-corrected chi connectivity index (χ0v) is 16.6. The van der Waals surface area contributed by atoms with Gasteiger partial charge in [-0.25, -0.2) is 0 Å². The second-order valence-electron chi connectivity index (χ2n) is 7.15. The Morgan fingerprint density at radius 1 is 1.10 bits per heavy atom. The average molecular weight is 398 g/mol. The molecule has 7 heteroatoms. The summed E-state index contributed by atoms with van der Waals surface area (Å²) in [6.07, 6.45) is 4.16. The number of likely N-dealkylation sites (tertiary alicyclic amines) is 1. The van der Waals surface area contributed by atoms with Crippen LogP contribution < -0.4 is 4.74 Å². The van der Waals surface area contributed by atoms with Crippen LogP contribution in [0.25, 0.3) is 0 Å². The lowest BCUT2D eigenvalue weighted by molar-refractivity contribution is -0.142. The number of aryl methyl sites for hydroxylation is 1. The van der Waals surface area contributed by atoms with Gasteiger partial charge in [0.15, 0.2) is 6.61 Å². The lowest BCUT2D eigenvalue weighted by atomic mass is 10.2. The summed E-state index contributed by atoms with van der Waals surface area (Å²) in [7, 11) is 0. The van der Waals surface area contributed by atoms with Crippen LogP contribution in [0.5, 0.6) is 5.75 Å². The van der Waals surface area contributed by atoms with Gasteiger partial charge in [-0.15, -0.1) is 0 Å². The zero-order valence-electron chi connectivity index (χ0n) is 16.6. The molecule has 0 bridgehead atoms. The van der Waals surface area contributed by atoms with Gasteiger partial charge in [0, 0.05) is 31.3 Å². The van der Waals surface area contributed by atoms with E-state index in [-0.39, 0.29) is 24.7 Å². The highest BCUT2D eigenvalue weighted by atomic mass is 16.5. The predicted octanol–water partition coefficient (Wildman–Crippen LogP) is 3.14. The molecule has 0 aliphatic carbocycles. The minimum atomic E-state index is -0.449. The molecule has 1 aromatic carbocycles. The number of benzene rings is 1. The molecule has 0 atom stereocenters. The first kappa shape index (κ1) is 20.6. The summed E-state index contributed by atoms with van der Waals surface area (Å²) >= 11 is 0. The number of nitrogens with one attached hydrogen (secondary N) is 1. The largest absolute Gasteiger partial charge is 0.494 e. The molecule has 0 spiro atoms. The number of ketones is 1. The van der Waals surface area contributed by atoms with E-state index >= 15 is 0 Å². The molecular formula is C22H26N2O5. The van der Waals surface area contributed by atoms with Crippen LogP contribution in [0.3, 0.4) is 0 Å². The van der Waals surface area contributed by atoms with Gasteiger partial charge in [-0.3, -0.25) is 14.4 Å². The highest BCUT2D eigenvalue weighted by molar-refractivity contribution is 6.01. The van der Waals surface area contributed by atoms with Gasteiger partial charge in [0.1, 0.15) is 11.4 Å². The van der Waals surface area contributed by atoms with E-state index in [0.717, 1.165) is 37.2 Å². The lowest BCUT2D eigenvalue weighted by Crippen LogP contribution is -2.27. The average Bonchev–Trinajstić information content (AvgIpc) is 3.42. The number of aromatic nitrogens is 1. The molecule has 1 saturated heterocycles. The Morgan fingerprint density at radius 3 is 2.55 bits per heavy atom. The van der Waals surface area contributed by atoms with Crippen LogP contribution in [0.2, 0.25) is 0 Å². The van der Waals surface area contributed by atoms with Gasteiger partial charge in [0.05, 0.1) is 6.61 Å². The maximum Gasteiger partial charge on any atom is 0.306 e. The molecule has 2 aromatic rings. The topological polar surface area (TPSA) is 88.7 Å². The van der Waals surface area contributed by atoms with Crippen LogP contribution in [0.15, 0.2) is 36.5 Å². The second-order valence-corrected chi connectivity index (χ2v) is 7.15. The third-order valence-corrected chi connectivity index (χ3v) is 4.81. The Bertz CT molecular complexity index is 850. The van der Waals surface area contributed by atoms with Crippen molar-refractivity contribution in [3.05, 3.63) is 53.3 Å². The van der Waals surface area contributed by atoms with Gasteiger partial charge in [0.2, 0.25) is 5.78 Å². The van der Waals surface area contributed by atoms with Crippen LogP contribution in [0.1, 0.15) is 52.1 Å². The fraction of sp³-hybridized carbons (Fsp3) is 0.409. The van der Waals surface area contributed by atoms with Gasteiger partial charge in [-0.05, 0) is 44.4 Å². The predicted molar refractivity (Wildman–Crippen MR) is 107 cm³/mol. The van der Waals surface area contributed by atoms with E-state index in [1.807, 2.05) is 31.2 Å². The first-order valence-electron chi connectivity index (χ1n) is 9.89. The normalized spacial score (nSPS) is 13.3. The second kappa shape index (κ2) is 9.91. The van der Waals surface area contributed by atoms with Crippen molar-refractivity contribution in [3.8, 4) is 5.75 Å². The molecule has 0 radical (unpaired) electrons. The first-order valence-corrected chi connectivity index (χ1v) is 9.89. The smallest absolute Gasteiger partial charge is 0.306 e. The Hall–Kier alpha value is -3.09. The molecule has 1 fully saturated rings. The highest BCUT2D eigenvalue weighted by Gasteiger charge is 2.22. The quantitative estimate of drug-likeness (QED) is 0.398. The fourth-order valence-electron chi connectivity index (χ4n) is 3.11. The summed E-state index contributed by atoms with van der Waals surface area (Å²) in [4.78, 5) is 40.9. The van der Waals surface area contributed by atoms with Crippen molar-refractivity contribution in [2.75, 3.05) is 26.3 Å². The lowest BCUT2D eigenvalue weighted by Gasteiger charge is -2.13. The van der Waals surface area contributed by atoms with E-state index < -0.39 is 5.97 Å². The summed E-state index contributed by atoms with van der Waals surface area (Å²) in [6.45, 7) is 3.54. The molecule has 7 nitrogen and oxygen atoms in total. The maximum absolute atomic E-state index is 12.3. The summed E-state index contributed by atoms with van der Waals surface area (Å²) in [5, 5.41) is 0. The number of nitrogens with zero attached hydrogens (tertiary/aromatic N) is 1. The molecule has 1 aromatic heterocycles. The first-order chi connectivity index (χ1) is 14.0.